The lowest BCUT2D eigenvalue weighted by Crippen LogP contribution is -2.54. The van der Waals surface area contributed by atoms with Gasteiger partial charge >= 0.3 is 7.60 Å². The van der Waals surface area contributed by atoms with Crippen molar-refractivity contribution in [2.45, 2.75) is 95.8 Å². The van der Waals surface area contributed by atoms with Crippen LogP contribution in [0.5, 0.6) is 0 Å². The summed E-state index contributed by atoms with van der Waals surface area (Å²) in [5.74, 6) is -1.85. The van der Waals surface area contributed by atoms with Crippen molar-refractivity contribution in [1.82, 2.24) is 0 Å². The van der Waals surface area contributed by atoms with Gasteiger partial charge in [-0.2, -0.15) is 0 Å². The Balaban J connectivity index is 3.08. The van der Waals surface area contributed by atoms with Crippen LogP contribution in [-0.4, -0.2) is 64.2 Å². The number of rotatable bonds is 9. The molecule has 0 saturated carbocycles. The van der Waals surface area contributed by atoms with Gasteiger partial charge in [-0.05, 0) is 38.9 Å². The van der Waals surface area contributed by atoms with Crippen molar-refractivity contribution in [2.24, 2.45) is 0 Å². The molecule has 1 saturated heterocycles. The highest BCUT2D eigenvalue weighted by Crippen LogP contribution is 2.56. The number of ether oxygens (including phenoxy) is 1. The third-order valence-electron chi connectivity index (χ3n) is 5.73. The van der Waals surface area contributed by atoms with E-state index in [0.29, 0.717) is 0 Å². The van der Waals surface area contributed by atoms with Gasteiger partial charge in [0.15, 0.2) is 8.32 Å². The third-order valence-corrected chi connectivity index (χ3v) is 12.3. The first-order valence-corrected chi connectivity index (χ1v) is 14.2. The van der Waals surface area contributed by atoms with E-state index in [1.807, 2.05) is 0 Å². The van der Waals surface area contributed by atoms with Crippen molar-refractivity contribution in [2.75, 3.05) is 13.2 Å². The van der Waals surface area contributed by atoms with Crippen LogP contribution >= 0.6 is 7.60 Å². The first-order chi connectivity index (χ1) is 12.1. The van der Waals surface area contributed by atoms with Crippen LogP contribution in [0, 0.1) is 0 Å². The molecule has 6 nitrogen and oxygen atoms in total. The van der Waals surface area contributed by atoms with Crippen molar-refractivity contribution in [3.8, 4) is 0 Å². The molecule has 1 N–H and O–H groups in total. The Hall–Kier alpha value is 0.242. The van der Waals surface area contributed by atoms with Gasteiger partial charge in [-0.1, -0.05) is 20.8 Å². The van der Waals surface area contributed by atoms with Crippen LogP contribution in [-0.2, 0) is 22.8 Å². The monoisotopic (exact) mass is 426 g/mol. The minimum atomic E-state index is -3.91. The summed E-state index contributed by atoms with van der Waals surface area (Å²) in [4.78, 5) is 0. The Kier molecular flexibility index (Phi) is 8.37. The van der Waals surface area contributed by atoms with E-state index < -0.39 is 45.6 Å². The van der Waals surface area contributed by atoms with Gasteiger partial charge in [0.1, 0.15) is 19.6 Å². The Morgan fingerprint density at radius 3 is 2.19 bits per heavy atom. The van der Waals surface area contributed by atoms with Crippen LogP contribution in [0.2, 0.25) is 18.1 Å². The fourth-order valence-electron chi connectivity index (χ4n) is 2.83. The lowest BCUT2D eigenvalue weighted by Gasteiger charge is -2.42. The van der Waals surface area contributed by atoms with Crippen molar-refractivity contribution in [3.63, 3.8) is 0 Å². The summed E-state index contributed by atoms with van der Waals surface area (Å²) in [5, 5.41) is 10.9. The summed E-state index contributed by atoms with van der Waals surface area (Å²) in [6.45, 7) is 15.5. The number of aliphatic hydroxyl groups is 1. The predicted octanol–water partition coefficient (Wildman–Crippen LogP) is 3.44. The molecule has 0 bridgehead atoms. The van der Waals surface area contributed by atoms with Crippen LogP contribution in [0.1, 0.15) is 48.0 Å². The molecule has 0 aliphatic carbocycles. The van der Waals surface area contributed by atoms with Gasteiger partial charge in [0.2, 0.25) is 5.91 Å². The molecule has 1 aliphatic heterocycles. The highest BCUT2D eigenvalue weighted by atomic mass is 31.2. The van der Waals surface area contributed by atoms with Gasteiger partial charge in [-0.3, -0.25) is 4.57 Å². The summed E-state index contributed by atoms with van der Waals surface area (Å²) in [6.07, 6.45) is -1.69. The average Bonchev–Trinajstić information content (AvgIpc) is 2.69. The smallest absolute Gasteiger partial charge is 0.364 e. The zero-order valence-electron chi connectivity index (χ0n) is 18.2. The fourth-order valence-corrected chi connectivity index (χ4v) is 5.79. The highest BCUT2D eigenvalue weighted by molar-refractivity contribution is 7.54. The second-order valence-electron chi connectivity index (χ2n) is 8.89. The van der Waals surface area contributed by atoms with E-state index in [4.69, 9.17) is 18.2 Å². The van der Waals surface area contributed by atoms with Crippen molar-refractivity contribution < 1.29 is 32.3 Å². The van der Waals surface area contributed by atoms with E-state index in [2.05, 4.69) is 33.9 Å². The van der Waals surface area contributed by atoms with Crippen LogP contribution in [0.3, 0.4) is 0 Å². The average molecular weight is 426 g/mol. The fraction of sp³-hybridized carbons (Fsp3) is 1.00. The van der Waals surface area contributed by atoms with Crippen LogP contribution in [0.4, 0.5) is 4.39 Å². The minimum Gasteiger partial charge on any atom is -0.408 e. The molecule has 160 valence electrons. The van der Waals surface area contributed by atoms with Crippen LogP contribution < -0.4 is 0 Å². The summed E-state index contributed by atoms with van der Waals surface area (Å²) in [5.41, 5.74) is -1.28. The van der Waals surface area contributed by atoms with Gasteiger partial charge in [-0.15, -0.1) is 0 Å². The van der Waals surface area contributed by atoms with Crippen molar-refractivity contribution in [3.05, 3.63) is 0 Å². The molecule has 0 spiro atoms. The quantitative estimate of drug-likeness (QED) is 0.450. The first kappa shape index (κ1) is 25.3. The zero-order chi connectivity index (χ0) is 21.3. The van der Waals surface area contributed by atoms with E-state index in [9.17, 15) is 14.1 Å². The Labute approximate surface area is 165 Å². The number of hydrogen-bond donors (Lipinski definition) is 1. The third kappa shape index (κ3) is 5.65. The number of alkyl halides is 1. The lowest BCUT2D eigenvalue weighted by atomic mass is 9.82. The van der Waals surface area contributed by atoms with E-state index in [0.717, 1.165) is 0 Å². The molecule has 1 aliphatic rings. The van der Waals surface area contributed by atoms with Crippen molar-refractivity contribution >= 4 is 23.8 Å². The topological polar surface area (TPSA) is 74.2 Å². The summed E-state index contributed by atoms with van der Waals surface area (Å²) < 4.78 is 50.2. The highest BCUT2D eigenvalue weighted by Gasteiger charge is 2.56. The molecule has 10 heteroatoms. The molecule has 2 unspecified atom stereocenters. The normalized spacial score (nSPS) is 31.3. The summed E-state index contributed by atoms with van der Waals surface area (Å²) in [6, 6.07) is -0.539. The standard InChI is InChI=1S/C17H37BFO6PSi/c1-9-22-26(21,23-10-2)13(19)11-12-14(17(6,20)15(18)24-12)25-27(7,8)16(3,4)5/h12-15,20H,9-11,18H2,1-8H3/t12-,13?,14+,15-,17?/m1/s1. The largest absolute Gasteiger partial charge is 0.408 e. The van der Waals surface area contributed by atoms with E-state index in [1.165, 1.54) is 0 Å². The molecule has 0 amide bonds. The van der Waals surface area contributed by atoms with Crippen molar-refractivity contribution in [1.29, 1.82) is 0 Å². The molecule has 1 heterocycles. The maximum Gasteiger partial charge on any atom is 0.364 e. The van der Waals surface area contributed by atoms with E-state index in [-0.39, 0.29) is 24.7 Å². The van der Waals surface area contributed by atoms with E-state index >= 15 is 0 Å². The van der Waals surface area contributed by atoms with Gasteiger partial charge < -0.3 is 23.3 Å². The lowest BCUT2D eigenvalue weighted by molar-refractivity contribution is -0.0370. The Bertz CT molecular complexity index is 532. The van der Waals surface area contributed by atoms with Crippen LogP contribution in [0.15, 0.2) is 0 Å². The predicted molar refractivity (Wildman–Crippen MR) is 110 cm³/mol. The molecule has 0 aromatic carbocycles. The molecular formula is C17H37BFO6PSi. The molecule has 1 fully saturated rings. The Morgan fingerprint density at radius 2 is 1.78 bits per heavy atom. The molecule has 0 aromatic heterocycles. The van der Waals surface area contributed by atoms with E-state index in [1.54, 1.807) is 28.6 Å². The molecule has 5 atom stereocenters. The van der Waals surface area contributed by atoms with Gasteiger partial charge in [0.05, 0.1) is 25.3 Å². The second-order valence-corrected chi connectivity index (χ2v) is 15.8. The maximum absolute atomic E-state index is 15.0. The first-order valence-electron chi connectivity index (χ1n) is 9.71. The maximum atomic E-state index is 15.0. The summed E-state index contributed by atoms with van der Waals surface area (Å²) in [7, 11) is -4.42. The van der Waals surface area contributed by atoms with Gasteiger partial charge in [0, 0.05) is 6.42 Å². The second kappa shape index (κ2) is 8.94. The molecule has 27 heavy (non-hydrogen) atoms. The molecule has 0 radical (unpaired) electrons. The van der Waals surface area contributed by atoms with Gasteiger partial charge in [0.25, 0.3) is 0 Å². The minimum absolute atomic E-state index is 0.0828. The number of halogens is 1. The molecular weight excluding hydrogens is 389 g/mol. The van der Waals surface area contributed by atoms with Gasteiger partial charge in [-0.25, -0.2) is 4.39 Å². The van der Waals surface area contributed by atoms with Crippen LogP contribution in [0.25, 0.3) is 0 Å². The molecule has 0 aromatic rings. The summed E-state index contributed by atoms with van der Waals surface area (Å²) >= 11 is 0. The zero-order valence-corrected chi connectivity index (χ0v) is 20.1. The molecule has 1 rings (SSSR count). The SMILES string of the molecule is B[C@@H]1O[C@H](CC(F)P(=O)(OCC)OCC)[C@H](O[Si](C)(C)C(C)(C)C)C1(C)O. The Morgan fingerprint density at radius 1 is 1.30 bits per heavy atom. The number of hydrogen-bond acceptors (Lipinski definition) is 6.